The molecule has 1 aliphatic rings. The van der Waals surface area contributed by atoms with Gasteiger partial charge in [0.1, 0.15) is 17.6 Å². The Bertz CT molecular complexity index is 841. The Balaban J connectivity index is 1.99. The zero-order valence-corrected chi connectivity index (χ0v) is 18.3. The first-order valence-electron chi connectivity index (χ1n) is 9.96. The second-order valence-electron chi connectivity index (χ2n) is 8.17. The van der Waals surface area contributed by atoms with E-state index in [0.717, 1.165) is 17.7 Å². The summed E-state index contributed by atoms with van der Waals surface area (Å²) in [5.74, 6) is -0.0289. The third kappa shape index (κ3) is 6.79. The normalized spacial score (nSPS) is 16.4. The number of ether oxygens (including phenoxy) is 3. The molecule has 0 aliphatic carbocycles. The van der Waals surface area contributed by atoms with E-state index in [0.29, 0.717) is 17.9 Å². The molecule has 0 saturated carbocycles. The molecule has 2 rings (SSSR count). The van der Waals surface area contributed by atoms with Crippen LogP contribution in [0.2, 0.25) is 0 Å². The highest BCUT2D eigenvalue weighted by Gasteiger charge is 2.23. The molecule has 0 aromatic heterocycles. The van der Waals surface area contributed by atoms with Crippen LogP contribution in [-0.2, 0) is 20.7 Å². The van der Waals surface area contributed by atoms with Crippen LogP contribution in [0.4, 0.5) is 4.79 Å². The Hall–Kier alpha value is -3.03. The van der Waals surface area contributed by atoms with Crippen LogP contribution < -0.4 is 20.1 Å². The lowest BCUT2D eigenvalue weighted by atomic mass is 10.1. The summed E-state index contributed by atoms with van der Waals surface area (Å²) < 4.78 is 16.5. The number of urea groups is 1. The molecule has 0 bridgehead atoms. The molecule has 0 spiro atoms. The van der Waals surface area contributed by atoms with Crippen LogP contribution in [0.3, 0.4) is 0 Å². The van der Waals surface area contributed by atoms with Crippen LogP contribution in [0.5, 0.6) is 11.5 Å². The molecule has 1 aromatic rings. The number of nitrogens with one attached hydrogen (secondary N) is 2. The highest BCUT2D eigenvalue weighted by atomic mass is 16.5. The Morgan fingerprint density at radius 2 is 2.00 bits per heavy atom. The van der Waals surface area contributed by atoms with Crippen molar-refractivity contribution in [2.45, 2.75) is 65.7 Å². The van der Waals surface area contributed by atoms with Gasteiger partial charge in [-0.3, -0.25) is 10.1 Å². The highest BCUT2D eigenvalue weighted by molar-refractivity contribution is 5.98. The van der Waals surface area contributed by atoms with E-state index < -0.39 is 29.6 Å². The summed E-state index contributed by atoms with van der Waals surface area (Å²) >= 11 is 0. The van der Waals surface area contributed by atoms with Crippen LogP contribution in [0.1, 0.15) is 52.7 Å². The van der Waals surface area contributed by atoms with Crippen LogP contribution in [0, 0.1) is 0 Å². The monoisotopic (exact) mass is 418 g/mol. The third-order valence-corrected chi connectivity index (χ3v) is 4.11. The van der Waals surface area contributed by atoms with Gasteiger partial charge in [0.05, 0.1) is 6.61 Å². The van der Waals surface area contributed by atoms with Gasteiger partial charge in [-0.2, -0.15) is 0 Å². The molecule has 1 aliphatic heterocycles. The SMILES string of the molecule is CCOc1cc2c(cc1/C=C/C(=O)O[C@H](C)C(=O)NC(=O)NC(C)(C)C)O[C@@H](C)C2. The maximum atomic E-state index is 12.1. The Kier molecular flexibility index (Phi) is 7.48. The summed E-state index contributed by atoms with van der Waals surface area (Å²) in [6.45, 7) is 11.1. The number of hydrogen-bond acceptors (Lipinski definition) is 6. The molecule has 2 atom stereocenters. The molecule has 3 amide bonds. The molecule has 1 heterocycles. The quantitative estimate of drug-likeness (QED) is 0.544. The van der Waals surface area contributed by atoms with E-state index in [-0.39, 0.29) is 6.10 Å². The van der Waals surface area contributed by atoms with E-state index in [9.17, 15) is 14.4 Å². The van der Waals surface area contributed by atoms with Gasteiger partial charge in [0.25, 0.3) is 5.91 Å². The molecule has 164 valence electrons. The predicted molar refractivity (Wildman–Crippen MR) is 112 cm³/mol. The van der Waals surface area contributed by atoms with Gasteiger partial charge in [0, 0.05) is 29.2 Å². The highest BCUT2D eigenvalue weighted by Crippen LogP contribution is 2.35. The molecule has 0 radical (unpaired) electrons. The summed E-state index contributed by atoms with van der Waals surface area (Å²) in [6, 6.07) is 3.08. The summed E-state index contributed by atoms with van der Waals surface area (Å²) in [7, 11) is 0. The fourth-order valence-corrected chi connectivity index (χ4v) is 2.88. The number of amides is 3. The number of hydrogen-bond donors (Lipinski definition) is 2. The number of fused-ring (bicyclic) bond motifs is 1. The molecule has 8 heteroatoms. The largest absolute Gasteiger partial charge is 0.493 e. The molecule has 2 N–H and O–H groups in total. The molecule has 8 nitrogen and oxygen atoms in total. The lowest BCUT2D eigenvalue weighted by molar-refractivity contribution is -0.149. The number of carbonyl (C=O) groups excluding carboxylic acids is 3. The van der Waals surface area contributed by atoms with Crippen molar-refractivity contribution in [2.24, 2.45) is 0 Å². The van der Waals surface area contributed by atoms with Gasteiger partial charge in [-0.15, -0.1) is 0 Å². The first kappa shape index (κ1) is 23.3. The van der Waals surface area contributed by atoms with Gasteiger partial charge in [-0.25, -0.2) is 9.59 Å². The number of esters is 1. The Morgan fingerprint density at radius 1 is 1.30 bits per heavy atom. The van der Waals surface area contributed by atoms with E-state index >= 15 is 0 Å². The minimum atomic E-state index is -1.14. The van der Waals surface area contributed by atoms with Gasteiger partial charge < -0.3 is 19.5 Å². The second kappa shape index (κ2) is 9.65. The molecule has 0 unspecified atom stereocenters. The topological polar surface area (TPSA) is 103 Å². The zero-order valence-electron chi connectivity index (χ0n) is 18.3. The zero-order chi connectivity index (χ0) is 22.5. The average Bonchev–Trinajstić information content (AvgIpc) is 2.97. The van der Waals surface area contributed by atoms with Gasteiger partial charge in [-0.05, 0) is 59.8 Å². The van der Waals surface area contributed by atoms with Crippen LogP contribution in [0.15, 0.2) is 18.2 Å². The predicted octanol–water partition coefficient (Wildman–Crippen LogP) is 2.98. The summed E-state index contributed by atoms with van der Waals surface area (Å²) in [6.07, 6.45) is 2.52. The first-order chi connectivity index (χ1) is 14.0. The second-order valence-corrected chi connectivity index (χ2v) is 8.17. The third-order valence-electron chi connectivity index (χ3n) is 4.11. The van der Waals surface area contributed by atoms with Crippen LogP contribution >= 0.6 is 0 Å². The van der Waals surface area contributed by atoms with Crippen molar-refractivity contribution < 1.29 is 28.6 Å². The fourth-order valence-electron chi connectivity index (χ4n) is 2.88. The average molecular weight is 418 g/mol. The number of imide groups is 1. The van der Waals surface area contributed by atoms with E-state index in [1.165, 1.54) is 13.0 Å². The van der Waals surface area contributed by atoms with Crippen molar-refractivity contribution in [3.05, 3.63) is 29.3 Å². The summed E-state index contributed by atoms with van der Waals surface area (Å²) in [4.78, 5) is 35.9. The maximum Gasteiger partial charge on any atom is 0.331 e. The smallest absolute Gasteiger partial charge is 0.331 e. The molecule has 1 aromatic carbocycles. The minimum absolute atomic E-state index is 0.0912. The van der Waals surface area contributed by atoms with E-state index in [1.54, 1.807) is 26.8 Å². The molecule has 0 fully saturated rings. The Morgan fingerprint density at radius 3 is 2.63 bits per heavy atom. The molecule has 0 saturated heterocycles. The van der Waals surface area contributed by atoms with Crippen molar-refractivity contribution in [1.29, 1.82) is 0 Å². The van der Waals surface area contributed by atoms with E-state index in [4.69, 9.17) is 14.2 Å². The van der Waals surface area contributed by atoms with Crippen molar-refractivity contribution >= 4 is 24.0 Å². The van der Waals surface area contributed by atoms with Crippen LogP contribution in [-0.4, -0.2) is 42.3 Å². The van der Waals surface area contributed by atoms with Gasteiger partial charge in [0.15, 0.2) is 6.10 Å². The first-order valence-corrected chi connectivity index (χ1v) is 9.96. The Labute approximate surface area is 176 Å². The lowest BCUT2D eigenvalue weighted by Crippen LogP contribution is -2.50. The lowest BCUT2D eigenvalue weighted by Gasteiger charge is -2.21. The molecular weight excluding hydrogens is 388 g/mol. The summed E-state index contributed by atoms with van der Waals surface area (Å²) in [5.41, 5.74) is 1.23. The van der Waals surface area contributed by atoms with Crippen molar-refractivity contribution in [3.63, 3.8) is 0 Å². The maximum absolute atomic E-state index is 12.1. The minimum Gasteiger partial charge on any atom is -0.493 e. The van der Waals surface area contributed by atoms with Gasteiger partial charge in [-0.1, -0.05) is 0 Å². The van der Waals surface area contributed by atoms with E-state index in [2.05, 4.69) is 10.6 Å². The van der Waals surface area contributed by atoms with Gasteiger partial charge >= 0.3 is 12.0 Å². The fraction of sp³-hybridized carbons (Fsp3) is 0.500. The van der Waals surface area contributed by atoms with Crippen molar-refractivity contribution in [1.82, 2.24) is 10.6 Å². The van der Waals surface area contributed by atoms with Crippen molar-refractivity contribution in [3.8, 4) is 11.5 Å². The number of rotatable bonds is 6. The molecular formula is C22H30N2O6. The van der Waals surface area contributed by atoms with Gasteiger partial charge in [0.2, 0.25) is 0 Å². The number of carbonyl (C=O) groups is 3. The van der Waals surface area contributed by atoms with Crippen molar-refractivity contribution in [2.75, 3.05) is 6.61 Å². The number of benzene rings is 1. The standard InChI is InChI=1S/C22H30N2O6/c1-7-28-17-12-16-10-13(2)29-18(16)11-15(17)8-9-19(25)30-14(3)20(26)23-21(27)24-22(4,5)6/h8-9,11-14H,7,10H2,1-6H3,(H2,23,24,26,27)/b9-8+/t13-,14+/m0/s1. The van der Waals surface area contributed by atoms with Crippen LogP contribution in [0.25, 0.3) is 6.08 Å². The summed E-state index contributed by atoms with van der Waals surface area (Å²) in [5, 5.41) is 4.74. The molecule has 30 heavy (non-hydrogen) atoms. The van der Waals surface area contributed by atoms with E-state index in [1.807, 2.05) is 26.0 Å².